The molecule has 0 aliphatic heterocycles. The van der Waals surface area contributed by atoms with E-state index < -0.39 is 18.1 Å². The molecule has 2 heterocycles. The molecule has 0 aliphatic carbocycles. The second kappa shape index (κ2) is 6.90. The molecule has 1 atom stereocenters. The van der Waals surface area contributed by atoms with E-state index in [9.17, 15) is 18.0 Å². The molecule has 0 saturated carbocycles. The maximum Gasteiger partial charge on any atom is 0.412 e. The van der Waals surface area contributed by atoms with Crippen LogP contribution in [0.2, 0.25) is 0 Å². The fraction of sp³-hybridized carbons (Fsp3) is 0.400. The molecule has 0 bridgehead atoms. The first kappa shape index (κ1) is 17.8. The van der Waals surface area contributed by atoms with Crippen LogP contribution in [0.4, 0.5) is 13.2 Å². The molecule has 24 heavy (non-hydrogen) atoms. The zero-order valence-corrected chi connectivity index (χ0v) is 13.3. The van der Waals surface area contributed by atoms with E-state index in [1.54, 1.807) is 20.9 Å². The first-order valence-electron chi connectivity index (χ1n) is 7.15. The van der Waals surface area contributed by atoms with Crippen LogP contribution in [-0.2, 0) is 7.05 Å². The number of aromatic nitrogens is 3. The molecule has 0 aromatic carbocycles. The van der Waals surface area contributed by atoms with Crippen LogP contribution in [-0.4, -0.2) is 32.7 Å². The van der Waals surface area contributed by atoms with Crippen LogP contribution >= 0.6 is 0 Å². The lowest BCUT2D eigenvalue weighted by Crippen LogP contribution is -2.38. The van der Waals surface area contributed by atoms with Crippen molar-refractivity contribution in [2.24, 2.45) is 7.05 Å². The number of ether oxygens (including phenoxy) is 1. The third kappa shape index (κ3) is 4.46. The summed E-state index contributed by atoms with van der Waals surface area (Å²) in [4.78, 5) is 19.7. The van der Waals surface area contributed by atoms with E-state index in [4.69, 9.17) is 4.74 Å². The van der Waals surface area contributed by atoms with Gasteiger partial charge in [0.05, 0.1) is 18.5 Å². The highest BCUT2D eigenvalue weighted by atomic mass is 19.4. The van der Waals surface area contributed by atoms with E-state index >= 15 is 0 Å². The van der Waals surface area contributed by atoms with E-state index in [2.05, 4.69) is 9.97 Å². The van der Waals surface area contributed by atoms with E-state index in [0.29, 0.717) is 0 Å². The van der Waals surface area contributed by atoms with Crippen LogP contribution in [0.3, 0.4) is 0 Å². The average Bonchev–Trinajstić information content (AvgIpc) is 2.89. The molecule has 1 N–H and O–H groups in total. The summed E-state index contributed by atoms with van der Waals surface area (Å²) in [6.45, 7) is 3.58. The van der Waals surface area contributed by atoms with Gasteiger partial charge in [0, 0.05) is 25.0 Å². The summed E-state index contributed by atoms with van der Waals surface area (Å²) in [7, 11) is 1.59. The van der Waals surface area contributed by atoms with Crippen molar-refractivity contribution in [2.45, 2.75) is 32.2 Å². The third-order valence-corrected chi connectivity index (χ3v) is 3.01. The minimum atomic E-state index is -4.63. The molecule has 130 valence electrons. The number of carbonyl (C=O) groups excluding carboxylic acids is 1. The van der Waals surface area contributed by atoms with Crippen molar-refractivity contribution < 1.29 is 22.7 Å². The van der Waals surface area contributed by atoms with Gasteiger partial charge in [0.1, 0.15) is 5.69 Å². The summed E-state index contributed by atoms with van der Waals surface area (Å²) in [6, 6.07) is -0.830. The van der Waals surface area contributed by atoms with Crippen molar-refractivity contribution in [3.63, 3.8) is 0 Å². The molecule has 0 saturated heterocycles. The summed E-state index contributed by atoms with van der Waals surface area (Å²) in [5.74, 6) is -0.776. The van der Waals surface area contributed by atoms with E-state index in [1.807, 2.05) is 5.32 Å². The topological polar surface area (TPSA) is 69.0 Å². The summed E-state index contributed by atoms with van der Waals surface area (Å²) in [6.07, 6.45) is 0.268. The minimum absolute atomic E-state index is 0.0638. The Labute approximate surface area is 136 Å². The zero-order valence-electron chi connectivity index (χ0n) is 13.3. The fourth-order valence-corrected chi connectivity index (χ4v) is 1.99. The summed E-state index contributed by atoms with van der Waals surface area (Å²) < 4.78 is 46.4. The van der Waals surface area contributed by atoms with Gasteiger partial charge in [-0.2, -0.15) is 13.2 Å². The Morgan fingerprint density at radius 2 is 2.00 bits per heavy atom. The molecule has 6 nitrogen and oxygen atoms in total. The van der Waals surface area contributed by atoms with Crippen molar-refractivity contribution in [2.75, 3.05) is 0 Å². The molecule has 2 aromatic rings. The summed E-state index contributed by atoms with van der Waals surface area (Å²) in [5, 5.41) is 1.94. The van der Waals surface area contributed by atoms with Crippen LogP contribution in [0.5, 0.6) is 5.88 Å². The van der Waals surface area contributed by atoms with Gasteiger partial charge < -0.3 is 14.6 Å². The first-order valence-corrected chi connectivity index (χ1v) is 7.15. The van der Waals surface area contributed by atoms with Gasteiger partial charge in [-0.15, -0.1) is 0 Å². The smallest absolute Gasteiger partial charge is 0.412 e. The molecule has 2 aromatic heterocycles. The Balaban J connectivity index is 2.16. The minimum Gasteiger partial charge on any atom is -0.474 e. The number of nitrogens with one attached hydrogen (secondary N) is 1. The highest BCUT2D eigenvalue weighted by molar-refractivity contribution is 5.92. The van der Waals surface area contributed by atoms with Gasteiger partial charge in [-0.25, -0.2) is 9.97 Å². The second-order valence-electron chi connectivity index (χ2n) is 5.46. The molecule has 9 heteroatoms. The Hall–Kier alpha value is -2.58. The van der Waals surface area contributed by atoms with Gasteiger partial charge in [-0.1, -0.05) is 0 Å². The van der Waals surface area contributed by atoms with Crippen molar-refractivity contribution in [1.82, 2.24) is 19.9 Å². The molecule has 0 aliphatic rings. The quantitative estimate of drug-likeness (QED) is 0.907. The van der Waals surface area contributed by atoms with Gasteiger partial charge in [0.25, 0.3) is 5.91 Å². The summed E-state index contributed by atoms with van der Waals surface area (Å²) in [5.41, 5.74) is -0.289. The highest BCUT2D eigenvalue weighted by Crippen LogP contribution is 2.32. The van der Waals surface area contributed by atoms with Crippen molar-refractivity contribution in [1.29, 1.82) is 0 Å². The van der Waals surface area contributed by atoms with Crippen LogP contribution in [0.1, 0.15) is 35.9 Å². The number of aryl methyl sites for hydroxylation is 1. The predicted molar refractivity (Wildman–Crippen MR) is 79.5 cm³/mol. The molecular weight excluding hydrogens is 325 g/mol. The largest absolute Gasteiger partial charge is 0.474 e. The maximum atomic E-state index is 13.2. The number of rotatable bonds is 5. The van der Waals surface area contributed by atoms with E-state index in [1.165, 1.54) is 29.2 Å². The Morgan fingerprint density at radius 3 is 2.46 bits per heavy atom. The van der Waals surface area contributed by atoms with Crippen LogP contribution in [0.15, 0.2) is 30.9 Å². The van der Waals surface area contributed by atoms with Gasteiger partial charge in [-0.3, -0.25) is 4.79 Å². The van der Waals surface area contributed by atoms with E-state index in [0.717, 1.165) is 6.20 Å². The third-order valence-electron chi connectivity index (χ3n) is 3.01. The molecule has 2 rings (SSSR count). The molecule has 0 fully saturated rings. The zero-order chi connectivity index (χ0) is 17.9. The predicted octanol–water partition coefficient (Wildman–Crippen LogP) is 2.64. The lowest BCUT2D eigenvalue weighted by molar-refractivity contribution is -0.155. The van der Waals surface area contributed by atoms with Crippen molar-refractivity contribution in [3.05, 3.63) is 42.1 Å². The molecule has 0 radical (unpaired) electrons. The average molecular weight is 342 g/mol. The number of hydrogen-bond donors (Lipinski definition) is 1. The SMILES string of the molecule is CC(C)Oc1cnc(C(=O)NC(c2ccn(C)c2)C(F)(F)F)cn1. The van der Waals surface area contributed by atoms with Crippen molar-refractivity contribution in [3.8, 4) is 5.88 Å². The lowest BCUT2D eigenvalue weighted by atomic mass is 10.1. The number of hydrogen-bond acceptors (Lipinski definition) is 4. The van der Waals surface area contributed by atoms with Crippen LogP contribution < -0.4 is 10.1 Å². The standard InChI is InChI=1S/C15H17F3N4O2/c1-9(2)24-12-7-19-11(6-20-12)14(23)21-13(15(16,17)18)10-4-5-22(3)8-10/h4-9,13H,1-3H3,(H,21,23). The number of amides is 1. The van der Waals surface area contributed by atoms with Gasteiger partial charge >= 0.3 is 6.18 Å². The fourth-order valence-electron chi connectivity index (χ4n) is 1.99. The van der Waals surface area contributed by atoms with Gasteiger partial charge in [0.2, 0.25) is 5.88 Å². The van der Waals surface area contributed by atoms with Crippen molar-refractivity contribution >= 4 is 5.91 Å². The Morgan fingerprint density at radius 1 is 1.29 bits per heavy atom. The number of nitrogens with zero attached hydrogens (tertiary/aromatic N) is 3. The first-order chi connectivity index (χ1) is 11.2. The second-order valence-corrected chi connectivity index (χ2v) is 5.46. The lowest BCUT2D eigenvalue weighted by Gasteiger charge is -2.20. The molecular formula is C15H17F3N4O2. The summed E-state index contributed by atoms with van der Waals surface area (Å²) >= 11 is 0. The highest BCUT2D eigenvalue weighted by Gasteiger charge is 2.42. The van der Waals surface area contributed by atoms with Crippen LogP contribution in [0.25, 0.3) is 0 Å². The number of carbonyl (C=O) groups is 1. The number of alkyl halides is 3. The monoisotopic (exact) mass is 342 g/mol. The van der Waals surface area contributed by atoms with Crippen LogP contribution in [0, 0.1) is 0 Å². The van der Waals surface area contributed by atoms with Gasteiger partial charge in [-0.05, 0) is 19.9 Å². The molecule has 1 amide bonds. The maximum absolute atomic E-state index is 13.2. The Bertz CT molecular complexity index is 695. The van der Waals surface area contributed by atoms with E-state index in [-0.39, 0.29) is 23.2 Å². The number of halogens is 3. The normalized spacial score (nSPS) is 13.0. The molecule has 1 unspecified atom stereocenters. The Kier molecular flexibility index (Phi) is 5.10. The molecule has 0 spiro atoms. The van der Waals surface area contributed by atoms with Gasteiger partial charge in [0.15, 0.2) is 6.04 Å².